The van der Waals surface area contributed by atoms with Crippen molar-refractivity contribution in [2.45, 2.75) is 13.8 Å². The molecule has 2 amide bonds. The van der Waals surface area contributed by atoms with Gasteiger partial charge in [-0.25, -0.2) is 5.01 Å². The normalized spacial score (nSPS) is 14.6. The zero-order valence-corrected chi connectivity index (χ0v) is 18.0. The molecule has 4 rings (SSSR count). The van der Waals surface area contributed by atoms with Gasteiger partial charge in [-0.2, -0.15) is 0 Å². The molecule has 1 heterocycles. The molecule has 0 aliphatic carbocycles. The van der Waals surface area contributed by atoms with Gasteiger partial charge in [0.1, 0.15) is 30.3 Å². The van der Waals surface area contributed by atoms with Gasteiger partial charge in [0, 0.05) is 0 Å². The summed E-state index contributed by atoms with van der Waals surface area (Å²) in [7, 11) is 0. The molecular weight excluding hydrogens is 404 g/mol. The van der Waals surface area contributed by atoms with Gasteiger partial charge in [0.15, 0.2) is 0 Å². The van der Waals surface area contributed by atoms with Crippen molar-refractivity contribution in [3.05, 3.63) is 95.1 Å². The van der Waals surface area contributed by atoms with Gasteiger partial charge in [-0.1, -0.05) is 36.4 Å². The molecule has 162 valence electrons. The molecule has 1 aliphatic rings. The number of para-hydroxylation sites is 1. The highest BCUT2D eigenvalue weighted by molar-refractivity contribution is 6.31. The summed E-state index contributed by atoms with van der Waals surface area (Å²) < 4.78 is 11.6. The van der Waals surface area contributed by atoms with Crippen molar-refractivity contribution in [3.8, 4) is 11.5 Å². The third kappa shape index (κ3) is 4.98. The first kappa shape index (κ1) is 21.2. The lowest BCUT2D eigenvalue weighted by atomic mass is 10.1. The Hall–Kier alpha value is -4.06. The minimum absolute atomic E-state index is 0.0733. The molecule has 0 unspecified atom stereocenters. The maximum absolute atomic E-state index is 12.7. The Morgan fingerprint density at radius 2 is 1.50 bits per heavy atom. The number of nitrogens with zero attached hydrogens (tertiary/aromatic N) is 1. The first-order valence-electron chi connectivity index (χ1n) is 10.4. The predicted octanol–water partition coefficient (Wildman–Crippen LogP) is 4.22. The highest BCUT2D eigenvalue weighted by atomic mass is 16.5. The fraction of sp³-hybridized carbons (Fsp3) is 0.154. The number of rotatable bonds is 7. The van der Waals surface area contributed by atoms with Crippen molar-refractivity contribution >= 4 is 23.6 Å². The molecule has 1 N–H and O–H groups in total. The Bertz CT molecular complexity index is 1150. The highest BCUT2D eigenvalue weighted by Crippen LogP contribution is 2.23. The second-order valence-electron chi connectivity index (χ2n) is 7.57. The third-order valence-corrected chi connectivity index (χ3v) is 4.89. The fourth-order valence-corrected chi connectivity index (χ4v) is 3.51. The second kappa shape index (κ2) is 9.39. The fourth-order valence-electron chi connectivity index (χ4n) is 3.51. The summed E-state index contributed by atoms with van der Waals surface area (Å²) in [6, 6.07) is 22.3. The van der Waals surface area contributed by atoms with Crippen LogP contribution in [0, 0.1) is 13.8 Å². The van der Waals surface area contributed by atoms with Gasteiger partial charge in [-0.05, 0) is 73.0 Å². The van der Waals surface area contributed by atoms with E-state index in [1.807, 2.05) is 50.2 Å². The van der Waals surface area contributed by atoms with Gasteiger partial charge in [0.2, 0.25) is 0 Å². The number of ether oxygens (including phenoxy) is 2. The summed E-state index contributed by atoms with van der Waals surface area (Å²) in [5.74, 6) is 0.619. The Labute approximate surface area is 187 Å². The number of nitrogens with one attached hydrogen (secondary N) is 1. The van der Waals surface area contributed by atoms with E-state index in [9.17, 15) is 9.59 Å². The van der Waals surface area contributed by atoms with Crippen LogP contribution in [0.3, 0.4) is 0 Å². The molecule has 1 fully saturated rings. The molecule has 3 aromatic carbocycles. The molecule has 0 atom stereocenters. The van der Waals surface area contributed by atoms with E-state index in [2.05, 4.69) is 11.5 Å². The van der Waals surface area contributed by atoms with Crippen LogP contribution < -0.4 is 19.9 Å². The van der Waals surface area contributed by atoms with Crippen LogP contribution in [0.1, 0.15) is 16.7 Å². The quantitative estimate of drug-likeness (QED) is 0.348. The van der Waals surface area contributed by atoms with Gasteiger partial charge >= 0.3 is 0 Å². The van der Waals surface area contributed by atoms with E-state index in [0.717, 1.165) is 16.9 Å². The van der Waals surface area contributed by atoms with Crippen molar-refractivity contribution in [1.29, 1.82) is 0 Å². The Morgan fingerprint density at radius 3 is 2.22 bits per heavy atom. The monoisotopic (exact) mass is 428 g/mol. The molecule has 6 heteroatoms. The predicted molar refractivity (Wildman–Crippen MR) is 123 cm³/mol. The molecule has 0 bridgehead atoms. The summed E-state index contributed by atoms with van der Waals surface area (Å²) >= 11 is 0. The zero-order valence-electron chi connectivity index (χ0n) is 18.0. The number of hydrazine groups is 1. The standard InChI is InChI=1S/C26H24N2O4/c1-18-13-19(2)15-23(14-18)32-12-11-31-22-10-6-7-20(16-22)17-24-25(29)27-28(26(24)30)21-8-4-3-5-9-21/h3-10,13-17H,11-12H2,1-2H3,(H,27,29). The van der Waals surface area contributed by atoms with E-state index in [0.29, 0.717) is 30.2 Å². The van der Waals surface area contributed by atoms with E-state index in [1.54, 1.807) is 36.4 Å². The van der Waals surface area contributed by atoms with Crippen molar-refractivity contribution in [2.75, 3.05) is 18.2 Å². The molecule has 1 saturated heterocycles. The summed E-state index contributed by atoms with van der Waals surface area (Å²) in [5.41, 5.74) is 6.28. The van der Waals surface area contributed by atoms with Gasteiger partial charge in [0.05, 0.1) is 5.69 Å². The molecule has 32 heavy (non-hydrogen) atoms. The molecule has 3 aromatic rings. The molecule has 0 aromatic heterocycles. The summed E-state index contributed by atoms with van der Waals surface area (Å²) in [6.45, 7) is 4.84. The van der Waals surface area contributed by atoms with Crippen LogP contribution in [0.2, 0.25) is 0 Å². The molecular formula is C26H24N2O4. The van der Waals surface area contributed by atoms with Crippen LogP contribution in [-0.2, 0) is 9.59 Å². The Balaban J connectivity index is 1.39. The topological polar surface area (TPSA) is 67.9 Å². The second-order valence-corrected chi connectivity index (χ2v) is 7.57. The van der Waals surface area contributed by atoms with E-state index in [1.165, 1.54) is 5.01 Å². The van der Waals surface area contributed by atoms with Crippen molar-refractivity contribution in [2.24, 2.45) is 0 Å². The minimum Gasteiger partial charge on any atom is -0.490 e. The van der Waals surface area contributed by atoms with E-state index >= 15 is 0 Å². The summed E-state index contributed by atoms with van der Waals surface area (Å²) in [4.78, 5) is 25.1. The molecule has 1 aliphatic heterocycles. The van der Waals surface area contributed by atoms with Crippen LogP contribution in [0.5, 0.6) is 11.5 Å². The van der Waals surface area contributed by atoms with E-state index in [4.69, 9.17) is 9.47 Å². The van der Waals surface area contributed by atoms with Gasteiger partial charge in [0.25, 0.3) is 11.8 Å². The lowest BCUT2D eigenvalue weighted by Crippen LogP contribution is -2.35. The van der Waals surface area contributed by atoms with Crippen molar-refractivity contribution in [1.82, 2.24) is 5.43 Å². The van der Waals surface area contributed by atoms with E-state index in [-0.39, 0.29) is 5.57 Å². The number of aryl methyl sites for hydroxylation is 2. The lowest BCUT2D eigenvalue weighted by Gasteiger charge is -2.13. The number of hydrogen-bond donors (Lipinski definition) is 1. The largest absolute Gasteiger partial charge is 0.490 e. The first-order valence-corrected chi connectivity index (χ1v) is 10.4. The molecule has 0 saturated carbocycles. The maximum Gasteiger partial charge on any atom is 0.282 e. The van der Waals surface area contributed by atoms with Crippen LogP contribution in [0.25, 0.3) is 6.08 Å². The van der Waals surface area contributed by atoms with Crippen LogP contribution in [0.4, 0.5) is 5.69 Å². The summed E-state index contributed by atoms with van der Waals surface area (Å²) in [6.07, 6.45) is 1.57. The maximum atomic E-state index is 12.7. The molecule has 0 radical (unpaired) electrons. The molecule has 6 nitrogen and oxygen atoms in total. The van der Waals surface area contributed by atoms with Crippen LogP contribution in [0.15, 0.2) is 78.4 Å². The Kier molecular flexibility index (Phi) is 6.22. The minimum atomic E-state index is -0.438. The SMILES string of the molecule is Cc1cc(C)cc(OCCOc2cccc(C=C3C(=O)NN(c4ccccc4)C3=O)c2)c1. The lowest BCUT2D eigenvalue weighted by molar-refractivity contribution is -0.117. The average Bonchev–Trinajstić information content (AvgIpc) is 3.05. The van der Waals surface area contributed by atoms with E-state index < -0.39 is 11.8 Å². The first-order chi connectivity index (χ1) is 15.5. The van der Waals surface area contributed by atoms with Crippen LogP contribution in [-0.4, -0.2) is 25.0 Å². The summed E-state index contributed by atoms with van der Waals surface area (Å²) in [5, 5.41) is 1.25. The number of anilines is 1. The molecule has 0 spiro atoms. The van der Waals surface area contributed by atoms with Crippen LogP contribution >= 0.6 is 0 Å². The van der Waals surface area contributed by atoms with Gasteiger partial charge < -0.3 is 9.47 Å². The van der Waals surface area contributed by atoms with Gasteiger partial charge in [-0.15, -0.1) is 0 Å². The van der Waals surface area contributed by atoms with Gasteiger partial charge in [-0.3, -0.25) is 15.0 Å². The number of hydrogen-bond acceptors (Lipinski definition) is 4. The van der Waals surface area contributed by atoms with Crippen molar-refractivity contribution in [3.63, 3.8) is 0 Å². The number of carbonyl (C=O) groups is 2. The van der Waals surface area contributed by atoms with Crippen molar-refractivity contribution < 1.29 is 19.1 Å². The highest BCUT2D eigenvalue weighted by Gasteiger charge is 2.34. The number of benzene rings is 3. The Morgan fingerprint density at radius 1 is 0.812 bits per heavy atom. The number of carbonyl (C=O) groups excluding carboxylic acids is 2. The average molecular weight is 428 g/mol. The smallest absolute Gasteiger partial charge is 0.282 e. The number of amides is 2. The zero-order chi connectivity index (χ0) is 22.5. The third-order valence-electron chi connectivity index (χ3n) is 4.89.